The number of phenols is 1. The molecule has 1 spiro atoms. The van der Waals surface area contributed by atoms with Crippen LogP contribution in [0.5, 0.6) is 5.75 Å². The summed E-state index contributed by atoms with van der Waals surface area (Å²) in [4.78, 5) is 5.26. The van der Waals surface area contributed by atoms with Crippen LogP contribution in [0.15, 0.2) is 12.1 Å². The van der Waals surface area contributed by atoms with Crippen molar-refractivity contribution in [3.8, 4) is 5.75 Å². The van der Waals surface area contributed by atoms with E-state index in [1.165, 1.54) is 63.5 Å². The third kappa shape index (κ3) is 1.67. The Morgan fingerprint density at radius 3 is 2.68 bits per heavy atom. The van der Waals surface area contributed by atoms with E-state index in [0.717, 1.165) is 30.7 Å². The third-order valence-corrected chi connectivity index (χ3v) is 8.65. The molecule has 134 valence electrons. The van der Waals surface area contributed by atoms with Crippen molar-refractivity contribution >= 4 is 5.69 Å². The van der Waals surface area contributed by atoms with Gasteiger partial charge in [0.25, 0.3) is 0 Å². The molecule has 1 saturated carbocycles. The van der Waals surface area contributed by atoms with Gasteiger partial charge in [-0.25, -0.2) is 0 Å². The van der Waals surface area contributed by atoms with E-state index < -0.39 is 0 Å². The highest BCUT2D eigenvalue weighted by molar-refractivity contribution is 5.66. The average Bonchev–Trinajstić information content (AvgIpc) is 3.07. The molecular weight excluding hydrogens is 308 g/mol. The van der Waals surface area contributed by atoms with E-state index in [2.05, 4.69) is 28.9 Å². The molecule has 6 rings (SSSR count). The van der Waals surface area contributed by atoms with E-state index in [4.69, 9.17) is 0 Å². The lowest BCUT2D eigenvalue weighted by atomic mass is 9.56. The maximum absolute atomic E-state index is 10.9. The molecule has 3 nitrogen and oxygen atoms in total. The topological polar surface area (TPSA) is 26.5 Å². The second-order valence-corrected chi connectivity index (χ2v) is 9.54. The molecule has 1 N–H and O–H groups in total. The zero-order valence-electron chi connectivity index (χ0n) is 15.4. The van der Waals surface area contributed by atoms with Gasteiger partial charge in [-0.3, -0.25) is 4.90 Å². The second-order valence-electron chi connectivity index (χ2n) is 9.54. The van der Waals surface area contributed by atoms with Crippen LogP contribution in [0.3, 0.4) is 0 Å². The monoisotopic (exact) mass is 338 g/mol. The van der Waals surface area contributed by atoms with E-state index in [1.807, 2.05) is 0 Å². The summed E-state index contributed by atoms with van der Waals surface area (Å²) in [6.07, 6.45) is 10.5. The predicted molar refractivity (Wildman–Crippen MR) is 100 cm³/mol. The zero-order valence-corrected chi connectivity index (χ0v) is 15.4. The molecule has 1 unspecified atom stereocenters. The van der Waals surface area contributed by atoms with Crippen LogP contribution in [-0.4, -0.2) is 41.2 Å². The average molecular weight is 338 g/mol. The fourth-order valence-corrected chi connectivity index (χ4v) is 7.37. The summed E-state index contributed by atoms with van der Waals surface area (Å²) in [5, 5.41) is 10.9. The van der Waals surface area contributed by atoms with Crippen molar-refractivity contribution < 1.29 is 5.11 Å². The summed E-state index contributed by atoms with van der Waals surface area (Å²) in [7, 11) is 0. The van der Waals surface area contributed by atoms with Gasteiger partial charge in [0.1, 0.15) is 5.75 Å². The number of benzene rings is 1. The van der Waals surface area contributed by atoms with Gasteiger partial charge in [0.2, 0.25) is 0 Å². The van der Waals surface area contributed by atoms with Crippen molar-refractivity contribution in [2.45, 2.75) is 75.3 Å². The Kier molecular flexibility index (Phi) is 2.82. The fraction of sp³-hybridized carbons (Fsp3) is 0.727. The van der Waals surface area contributed by atoms with E-state index in [-0.39, 0.29) is 0 Å². The number of aromatic hydroxyl groups is 1. The summed E-state index contributed by atoms with van der Waals surface area (Å²) >= 11 is 0. The molecule has 0 radical (unpaired) electrons. The Morgan fingerprint density at radius 2 is 1.84 bits per heavy atom. The van der Waals surface area contributed by atoms with Gasteiger partial charge in [-0.1, -0.05) is 19.8 Å². The van der Waals surface area contributed by atoms with Crippen LogP contribution in [0.4, 0.5) is 5.69 Å². The Balaban J connectivity index is 1.44. The molecule has 0 aromatic heterocycles. The van der Waals surface area contributed by atoms with Crippen LogP contribution in [0, 0.1) is 5.92 Å². The highest BCUT2D eigenvalue weighted by Crippen LogP contribution is 2.71. The van der Waals surface area contributed by atoms with Gasteiger partial charge in [-0.05, 0) is 67.7 Å². The Bertz CT molecular complexity index is 738. The Morgan fingerprint density at radius 1 is 1.04 bits per heavy atom. The Labute approximate surface area is 151 Å². The quantitative estimate of drug-likeness (QED) is 0.789. The van der Waals surface area contributed by atoms with Crippen molar-refractivity contribution in [3.05, 3.63) is 23.3 Å². The molecule has 1 aromatic carbocycles. The van der Waals surface area contributed by atoms with Crippen molar-refractivity contribution in [2.75, 3.05) is 24.5 Å². The summed E-state index contributed by atoms with van der Waals surface area (Å²) in [6, 6.07) is 5.38. The number of hydrogen-bond donors (Lipinski definition) is 1. The standard InChI is InChI=1S/C22H30N2O/c1-15-4-9-23(10-5-15)18-12-16-13-20-22-7-3-2-6-21(22,8-11-24(20)22)17(16)14-19(18)25/h12,14-15,20,25H,2-11,13H2,1H3/t20-,21+,22-,24?/m0/s1. The second kappa shape index (κ2) is 4.73. The largest absolute Gasteiger partial charge is 0.506 e. The van der Waals surface area contributed by atoms with Crippen LogP contribution in [-0.2, 0) is 11.8 Å². The summed E-state index contributed by atoms with van der Waals surface area (Å²) in [5.41, 5.74) is 5.02. The normalized spacial score (nSPS) is 41.9. The Hall–Kier alpha value is -1.22. The summed E-state index contributed by atoms with van der Waals surface area (Å²) in [5.74, 6) is 1.37. The molecule has 3 aliphatic heterocycles. The lowest BCUT2D eigenvalue weighted by Gasteiger charge is -2.47. The first-order valence-electron chi connectivity index (χ1n) is 10.5. The predicted octanol–water partition coefficient (Wildman–Crippen LogP) is 3.82. The molecule has 2 aliphatic carbocycles. The van der Waals surface area contributed by atoms with Crippen molar-refractivity contribution in [1.29, 1.82) is 0 Å². The van der Waals surface area contributed by atoms with Gasteiger partial charge in [-0.2, -0.15) is 0 Å². The smallest absolute Gasteiger partial charge is 0.139 e. The fourth-order valence-electron chi connectivity index (χ4n) is 7.37. The molecule has 0 bridgehead atoms. The minimum Gasteiger partial charge on any atom is -0.506 e. The molecule has 3 saturated heterocycles. The van der Waals surface area contributed by atoms with Gasteiger partial charge in [-0.15, -0.1) is 0 Å². The van der Waals surface area contributed by atoms with Gasteiger partial charge in [0.15, 0.2) is 0 Å². The van der Waals surface area contributed by atoms with E-state index >= 15 is 0 Å². The summed E-state index contributed by atoms with van der Waals surface area (Å²) in [6.45, 7) is 5.83. The number of rotatable bonds is 1. The lowest BCUT2D eigenvalue weighted by Crippen LogP contribution is -2.48. The van der Waals surface area contributed by atoms with Crippen molar-refractivity contribution in [1.82, 2.24) is 4.90 Å². The van der Waals surface area contributed by atoms with Gasteiger partial charge >= 0.3 is 0 Å². The van der Waals surface area contributed by atoms with Gasteiger partial charge in [0, 0.05) is 36.6 Å². The molecule has 4 fully saturated rings. The molecule has 4 atom stereocenters. The van der Waals surface area contributed by atoms with E-state index in [1.54, 1.807) is 5.56 Å². The molecule has 3 heterocycles. The van der Waals surface area contributed by atoms with E-state index in [0.29, 0.717) is 16.7 Å². The minimum absolute atomic E-state index is 0.357. The highest BCUT2D eigenvalue weighted by atomic mass is 16.3. The van der Waals surface area contributed by atoms with E-state index in [9.17, 15) is 5.11 Å². The molecular formula is C22H30N2O. The van der Waals surface area contributed by atoms with Gasteiger partial charge < -0.3 is 10.0 Å². The SMILES string of the molecule is CC1CCN(c2cc3c(cc2O)[C@]24CCCC[C@]25[C@H](C3)N5CC4)CC1. The van der Waals surface area contributed by atoms with Gasteiger partial charge in [0.05, 0.1) is 5.69 Å². The van der Waals surface area contributed by atoms with Crippen LogP contribution in [0.1, 0.15) is 63.0 Å². The van der Waals surface area contributed by atoms with Crippen molar-refractivity contribution in [2.24, 2.45) is 5.92 Å². The molecule has 0 amide bonds. The molecule has 25 heavy (non-hydrogen) atoms. The highest BCUT2D eigenvalue weighted by Gasteiger charge is 2.78. The number of nitrogens with zero attached hydrogens (tertiary/aromatic N) is 2. The third-order valence-electron chi connectivity index (χ3n) is 8.65. The van der Waals surface area contributed by atoms with Crippen LogP contribution in [0.25, 0.3) is 0 Å². The number of piperidine rings is 2. The first-order valence-corrected chi connectivity index (χ1v) is 10.5. The van der Waals surface area contributed by atoms with Crippen molar-refractivity contribution in [3.63, 3.8) is 0 Å². The first-order chi connectivity index (χ1) is 12.2. The number of fused-ring (bicyclic) bond motifs is 2. The number of anilines is 1. The van der Waals surface area contributed by atoms with Crippen LogP contribution >= 0.6 is 0 Å². The van der Waals surface area contributed by atoms with Crippen LogP contribution in [0.2, 0.25) is 0 Å². The molecule has 1 aromatic rings. The maximum Gasteiger partial charge on any atom is 0.139 e. The molecule has 5 aliphatic rings. The first kappa shape index (κ1) is 14.9. The maximum atomic E-state index is 10.9. The number of hydrogen-bond acceptors (Lipinski definition) is 3. The lowest BCUT2D eigenvalue weighted by molar-refractivity contribution is 0.214. The summed E-state index contributed by atoms with van der Waals surface area (Å²) < 4.78 is 0. The minimum atomic E-state index is 0.357. The zero-order chi connectivity index (χ0) is 16.8. The van der Waals surface area contributed by atoms with Crippen LogP contribution < -0.4 is 4.90 Å². The number of phenolic OH excluding ortho intramolecular Hbond substituents is 1. The molecule has 3 heteroatoms.